The molecule has 1 aliphatic rings. The molecule has 10 nitrogen and oxygen atoms in total. The fourth-order valence-corrected chi connectivity index (χ4v) is 3.96. The number of carbonyl (C=O) groups is 3. The summed E-state index contributed by atoms with van der Waals surface area (Å²) in [4.78, 5) is 52.6. The fourth-order valence-electron chi connectivity index (χ4n) is 3.96. The Hall–Kier alpha value is -3.95. The van der Waals surface area contributed by atoms with Crippen molar-refractivity contribution in [1.29, 1.82) is 0 Å². The Labute approximate surface area is 198 Å². The molecule has 34 heavy (non-hydrogen) atoms. The van der Waals surface area contributed by atoms with Gasteiger partial charge in [0.25, 0.3) is 11.6 Å². The zero-order chi connectivity index (χ0) is 24.8. The number of rotatable bonds is 7. The monoisotopic (exact) mass is 467 g/mol. The second kappa shape index (κ2) is 10.8. The van der Waals surface area contributed by atoms with Crippen molar-refractivity contribution in [2.45, 2.75) is 27.3 Å². The third-order valence-electron chi connectivity index (χ3n) is 5.89. The highest BCUT2D eigenvalue weighted by molar-refractivity contribution is 6.05. The van der Waals surface area contributed by atoms with Gasteiger partial charge in [-0.15, -0.1) is 0 Å². The lowest BCUT2D eigenvalue weighted by Gasteiger charge is -2.35. The molecule has 0 saturated carbocycles. The van der Waals surface area contributed by atoms with Crippen molar-refractivity contribution in [3.63, 3.8) is 0 Å². The zero-order valence-electron chi connectivity index (χ0n) is 19.6. The molecular formula is C24H29N5O5. The summed E-state index contributed by atoms with van der Waals surface area (Å²) in [5.41, 5.74) is 1.84. The minimum absolute atomic E-state index is 0.0195. The van der Waals surface area contributed by atoms with E-state index in [1.165, 1.54) is 19.9 Å². The molecule has 1 fully saturated rings. The third kappa shape index (κ3) is 5.89. The van der Waals surface area contributed by atoms with Gasteiger partial charge < -0.3 is 20.0 Å². The number of nitrogens with zero attached hydrogens (tertiary/aromatic N) is 4. The molecule has 0 atom stereocenters. The van der Waals surface area contributed by atoms with Crippen LogP contribution in [-0.2, 0) is 16.1 Å². The first-order chi connectivity index (χ1) is 16.2. The molecule has 1 saturated heterocycles. The number of carbonyl (C=O) groups excluding carboxylic acids is 3. The molecule has 0 aliphatic carbocycles. The van der Waals surface area contributed by atoms with Gasteiger partial charge in [0, 0.05) is 70.4 Å². The Balaban J connectivity index is 1.75. The van der Waals surface area contributed by atoms with Crippen LogP contribution in [0.25, 0.3) is 0 Å². The Morgan fingerprint density at radius 1 is 1.06 bits per heavy atom. The summed E-state index contributed by atoms with van der Waals surface area (Å²) >= 11 is 0. The molecule has 10 heteroatoms. The molecule has 0 spiro atoms. The number of benzene rings is 2. The summed E-state index contributed by atoms with van der Waals surface area (Å²) in [7, 11) is 0. The van der Waals surface area contributed by atoms with Gasteiger partial charge in [0.05, 0.1) is 4.92 Å². The molecule has 0 bridgehead atoms. The molecule has 3 amide bonds. The first kappa shape index (κ1) is 24.7. The number of hydrogen-bond donors (Lipinski definition) is 1. The molecule has 1 N–H and O–H groups in total. The molecule has 1 aliphatic heterocycles. The first-order valence-electron chi connectivity index (χ1n) is 11.1. The first-order valence-corrected chi connectivity index (χ1v) is 11.1. The number of nitrogens with one attached hydrogen (secondary N) is 1. The molecule has 2 aromatic carbocycles. The number of amides is 3. The maximum Gasteiger partial charge on any atom is 0.293 e. The highest BCUT2D eigenvalue weighted by Crippen LogP contribution is 2.30. The van der Waals surface area contributed by atoms with E-state index in [0.29, 0.717) is 50.6 Å². The Morgan fingerprint density at radius 3 is 2.35 bits per heavy atom. The smallest absolute Gasteiger partial charge is 0.293 e. The molecule has 2 aromatic rings. The predicted octanol–water partition coefficient (Wildman–Crippen LogP) is 2.88. The number of piperazine rings is 1. The quantitative estimate of drug-likeness (QED) is 0.494. The Kier molecular flexibility index (Phi) is 7.83. The summed E-state index contributed by atoms with van der Waals surface area (Å²) in [5.74, 6) is -0.520. The van der Waals surface area contributed by atoms with Crippen LogP contribution in [0.4, 0.5) is 17.1 Å². The van der Waals surface area contributed by atoms with Gasteiger partial charge in [-0.05, 0) is 36.8 Å². The van der Waals surface area contributed by atoms with Gasteiger partial charge in [0.15, 0.2) is 0 Å². The van der Waals surface area contributed by atoms with E-state index in [1.807, 2.05) is 17.9 Å². The van der Waals surface area contributed by atoms with Crippen LogP contribution in [0, 0.1) is 10.1 Å². The van der Waals surface area contributed by atoms with Gasteiger partial charge in [-0.1, -0.05) is 12.1 Å². The van der Waals surface area contributed by atoms with Crippen LogP contribution in [0.2, 0.25) is 0 Å². The molecule has 3 rings (SSSR count). The summed E-state index contributed by atoms with van der Waals surface area (Å²) in [5, 5.41) is 14.5. The van der Waals surface area contributed by atoms with Crippen molar-refractivity contribution in [2.75, 3.05) is 42.9 Å². The van der Waals surface area contributed by atoms with E-state index in [9.17, 15) is 24.5 Å². The second-order valence-corrected chi connectivity index (χ2v) is 8.14. The standard InChI is InChI=1S/C24H29N5O5/c1-4-26(17(2)30)16-19-6-5-7-21(14-19)25-24(32)20-8-9-22(23(15-20)29(33)34)28-12-10-27(11-13-28)18(3)31/h5-9,14-15H,4,10-13,16H2,1-3H3,(H,25,32). The van der Waals surface area contributed by atoms with E-state index in [2.05, 4.69) is 5.32 Å². The van der Waals surface area contributed by atoms with Crippen LogP contribution in [0.1, 0.15) is 36.7 Å². The van der Waals surface area contributed by atoms with Gasteiger partial charge in [-0.3, -0.25) is 24.5 Å². The fraction of sp³-hybridized carbons (Fsp3) is 0.375. The molecule has 0 radical (unpaired) electrons. The number of hydrogen-bond acceptors (Lipinski definition) is 6. The van der Waals surface area contributed by atoms with Crippen LogP contribution < -0.4 is 10.2 Å². The minimum Gasteiger partial charge on any atom is -0.362 e. The molecular weight excluding hydrogens is 438 g/mol. The molecule has 0 unspecified atom stereocenters. The lowest BCUT2D eigenvalue weighted by Crippen LogP contribution is -2.48. The highest BCUT2D eigenvalue weighted by atomic mass is 16.6. The predicted molar refractivity (Wildman–Crippen MR) is 129 cm³/mol. The van der Waals surface area contributed by atoms with Crippen molar-refractivity contribution >= 4 is 34.8 Å². The number of nitro benzene ring substituents is 1. The van der Waals surface area contributed by atoms with Gasteiger partial charge >= 0.3 is 0 Å². The Morgan fingerprint density at radius 2 is 1.76 bits per heavy atom. The van der Waals surface area contributed by atoms with Gasteiger partial charge in [0.2, 0.25) is 11.8 Å². The average molecular weight is 468 g/mol. The summed E-state index contributed by atoms with van der Waals surface area (Å²) < 4.78 is 0. The summed E-state index contributed by atoms with van der Waals surface area (Å²) in [6.45, 7) is 7.85. The summed E-state index contributed by atoms with van der Waals surface area (Å²) in [6.07, 6.45) is 0. The van der Waals surface area contributed by atoms with E-state index in [4.69, 9.17) is 0 Å². The number of nitro groups is 1. The van der Waals surface area contributed by atoms with Crippen molar-refractivity contribution in [2.24, 2.45) is 0 Å². The van der Waals surface area contributed by atoms with E-state index < -0.39 is 10.8 Å². The third-order valence-corrected chi connectivity index (χ3v) is 5.89. The van der Waals surface area contributed by atoms with Gasteiger partial charge in [0.1, 0.15) is 5.69 Å². The van der Waals surface area contributed by atoms with Crippen LogP contribution >= 0.6 is 0 Å². The highest BCUT2D eigenvalue weighted by Gasteiger charge is 2.26. The zero-order valence-corrected chi connectivity index (χ0v) is 19.6. The van der Waals surface area contributed by atoms with E-state index in [1.54, 1.807) is 40.1 Å². The summed E-state index contributed by atoms with van der Waals surface area (Å²) in [6, 6.07) is 11.6. The molecule has 1 heterocycles. The largest absolute Gasteiger partial charge is 0.362 e. The van der Waals surface area contributed by atoms with Crippen molar-refractivity contribution < 1.29 is 19.3 Å². The SMILES string of the molecule is CCN(Cc1cccc(NC(=O)c2ccc(N3CCN(C(C)=O)CC3)c([N+](=O)[O-])c2)c1)C(C)=O. The van der Waals surface area contributed by atoms with Gasteiger partial charge in [-0.2, -0.15) is 0 Å². The van der Waals surface area contributed by atoms with Crippen LogP contribution in [0.3, 0.4) is 0 Å². The number of anilines is 2. The minimum atomic E-state index is -0.495. The van der Waals surface area contributed by atoms with Crippen molar-refractivity contribution in [3.8, 4) is 0 Å². The maximum atomic E-state index is 12.8. The Bertz CT molecular complexity index is 1090. The van der Waals surface area contributed by atoms with Gasteiger partial charge in [-0.25, -0.2) is 0 Å². The lowest BCUT2D eigenvalue weighted by atomic mass is 10.1. The van der Waals surface area contributed by atoms with Crippen molar-refractivity contribution in [3.05, 3.63) is 63.7 Å². The van der Waals surface area contributed by atoms with Crippen molar-refractivity contribution in [1.82, 2.24) is 9.80 Å². The molecule has 180 valence electrons. The van der Waals surface area contributed by atoms with Crippen LogP contribution in [0.5, 0.6) is 0 Å². The topological polar surface area (TPSA) is 116 Å². The van der Waals surface area contributed by atoms with E-state index in [-0.39, 0.29) is 23.1 Å². The molecule has 0 aromatic heterocycles. The maximum absolute atomic E-state index is 12.8. The second-order valence-electron chi connectivity index (χ2n) is 8.14. The van der Waals surface area contributed by atoms with E-state index in [0.717, 1.165) is 5.56 Å². The van der Waals surface area contributed by atoms with Crippen LogP contribution in [0.15, 0.2) is 42.5 Å². The average Bonchev–Trinajstić information content (AvgIpc) is 2.82. The lowest BCUT2D eigenvalue weighted by molar-refractivity contribution is -0.384. The van der Waals surface area contributed by atoms with E-state index >= 15 is 0 Å². The van der Waals surface area contributed by atoms with Crippen LogP contribution in [-0.4, -0.2) is 65.2 Å². The normalized spacial score (nSPS) is 13.4.